The Bertz CT molecular complexity index is 594. The highest BCUT2D eigenvalue weighted by atomic mass is 32.1. The number of aromatic nitrogens is 1. The van der Waals surface area contributed by atoms with Crippen LogP contribution in [-0.4, -0.2) is 11.4 Å². The van der Waals surface area contributed by atoms with Crippen molar-refractivity contribution in [1.82, 2.24) is 4.98 Å². The van der Waals surface area contributed by atoms with E-state index in [9.17, 15) is 9.18 Å². The standard InChI is InChI=1S/C12H9FN2OS/c13-8-2-3-9-7(5-8)1-4-10-11(9)17-12(15-10)14-6-16/h2-3,5-6H,1,4H2,(H,14,15,16). The van der Waals surface area contributed by atoms with Crippen LogP contribution in [0, 0.1) is 5.82 Å². The van der Waals surface area contributed by atoms with Crippen molar-refractivity contribution in [2.75, 3.05) is 5.32 Å². The normalized spacial score (nSPS) is 12.8. The molecule has 0 fully saturated rings. The molecular weight excluding hydrogens is 239 g/mol. The number of nitrogens with zero attached hydrogens (tertiary/aromatic N) is 1. The molecule has 2 aromatic rings. The van der Waals surface area contributed by atoms with Crippen molar-refractivity contribution < 1.29 is 9.18 Å². The van der Waals surface area contributed by atoms with Crippen molar-refractivity contribution in [2.45, 2.75) is 12.8 Å². The summed E-state index contributed by atoms with van der Waals surface area (Å²) in [5.74, 6) is -0.206. The maximum atomic E-state index is 13.1. The van der Waals surface area contributed by atoms with Crippen molar-refractivity contribution in [3.63, 3.8) is 0 Å². The van der Waals surface area contributed by atoms with Gasteiger partial charge in [-0.05, 0) is 36.1 Å². The van der Waals surface area contributed by atoms with E-state index < -0.39 is 0 Å². The first-order chi connectivity index (χ1) is 8.28. The average molecular weight is 248 g/mol. The highest BCUT2D eigenvalue weighted by molar-refractivity contribution is 7.19. The summed E-state index contributed by atoms with van der Waals surface area (Å²) in [5, 5.41) is 3.16. The van der Waals surface area contributed by atoms with Gasteiger partial charge in [0.2, 0.25) is 6.41 Å². The number of nitrogens with one attached hydrogen (secondary N) is 1. The Morgan fingerprint density at radius 1 is 1.41 bits per heavy atom. The first kappa shape index (κ1) is 10.4. The van der Waals surface area contributed by atoms with E-state index in [1.54, 1.807) is 12.1 Å². The predicted molar refractivity (Wildman–Crippen MR) is 64.6 cm³/mol. The molecule has 0 unspecified atom stereocenters. The van der Waals surface area contributed by atoms with Gasteiger partial charge < -0.3 is 5.32 Å². The first-order valence-electron chi connectivity index (χ1n) is 5.26. The number of anilines is 1. The third kappa shape index (κ3) is 1.72. The van der Waals surface area contributed by atoms with Gasteiger partial charge in [0.05, 0.1) is 10.6 Å². The molecule has 17 heavy (non-hydrogen) atoms. The van der Waals surface area contributed by atoms with E-state index in [1.807, 2.05) is 0 Å². The second-order valence-electron chi connectivity index (χ2n) is 3.86. The van der Waals surface area contributed by atoms with Crippen LogP contribution in [0.5, 0.6) is 0 Å². The summed E-state index contributed by atoms with van der Waals surface area (Å²) in [6, 6.07) is 4.82. The predicted octanol–water partition coefficient (Wildman–Crippen LogP) is 2.62. The lowest BCUT2D eigenvalue weighted by molar-refractivity contribution is -0.105. The number of hydrogen-bond donors (Lipinski definition) is 1. The summed E-state index contributed by atoms with van der Waals surface area (Å²) in [6.45, 7) is 0. The topological polar surface area (TPSA) is 42.0 Å². The molecule has 0 saturated heterocycles. The largest absolute Gasteiger partial charge is 0.305 e. The maximum absolute atomic E-state index is 13.1. The van der Waals surface area contributed by atoms with Gasteiger partial charge in [-0.2, -0.15) is 0 Å². The van der Waals surface area contributed by atoms with E-state index in [-0.39, 0.29) is 5.82 Å². The zero-order chi connectivity index (χ0) is 11.8. The molecule has 0 radical (unpaired) electrons. The van der Waals surface area contributed by atoms with Crippen LogP contribution in [0.4, 0.5) is 9.52 Å². The number of amides is 1. The van der Waals surface area contributed by atoms with Gasteiger partial charge in [0, 0.05) is 0 Å². The molecule has 1 heterocycles. The van der Waals surface area contributed by atoms with Crippen LogP contribution in [0.25, 0.3) is 10.4 Å². The maximum Gasteiger partial charge on any atom is 0.213 e. The highest BCUT2D eigenvalue weighted by Gasteiger charge is 2.20. The lowest BCUT2D eigenvalue weighted by Gasteiger charge is -2.14. The minimum Gasteiger partial charge on any atom is -0.305 e. The summed E-state index contributed by atoms with van der Waals surface area (Å²) in [6.07, 6.45) is 2.21. The summed E-state index contributed by atoms with van der Waals surface area (Å²) in [7, 11) is 0. The lowest BCUT2D eigenvalue weighted by atomic mass is 9.94. The van der Waals surface area contributed by atoms with Crippen LogP contribution in [0.15, 0.2) is 18.2 Å². The number of hydrogen-bond acceptors (Lipinski definition) is 3. The fourth-order valence-electron chi connectivity index (χ4n) is 2.09. The zero-order valence-electron chi connectivity index (χ0n) is 8.87. The number of halogens is 1. The molecule has 1 aliphatic rings. The van der Waals surface area contributed by atoms with E-state index in [1.165, 1.54) is 17.4 Å². The van der Waals surface area contributed by atoms with E-state index in [2.05, 4.69) is 10.3 Å². The smallest absolute Gasteiger partial charge is 0.213 e. The second-order valence-corrected chi connectivity index (χ2v) is 4.86. The summed E-state index contributed by atoms with van der Waals surface area (Å²) in [5.41, 5.74) is 3.03. The number of rotatable bonds is 2. The molecule has 5 heteroatoms. The third-order valence-electron chi connectivity index (χ3n) is 2.82. The molecule has 0 bridgehead atoms. The van der Waals surface area contributed by atoms with Crippen LogP contribution in [0.1, 0.15) is 11.3 Å². The monoisotopic (exact) mass is 248 g/mol. The van der Waals surface area contributed by atoms with E-state index in [0.717, 1.165) is 34.5 Å². The molecule has 86 valence electrons. The zero-order valence-corrected chi connectivity index (χ0v) is 9.68. The average Bonchev–Trinajstić information content (AvgIpc) is 2.72. The Labute approximate surface area is 101 Å². The molecule has 3 nitrogen and oxygen atoms in total. The van der Waals surface area contributed by atoms with Crippen molar-refractivity contribution >= 4 is 22.9 Å². The fourth-order valence-corrected chi connectivity index (χ4v) is 3.12. The summed E-state index contributed by atoms with van der Waals surface area (Å²) < 4.78 is 13.1. The van der Waals surface area contributed by atoms with Gasteiger partial charge in [-0.15, -0.1) is 0 Å². The van der Waals surface area contributed by atoms with Crippen molar-refractivity contribution in [3.05, 3.63) is 35.3 Å². The molecule has 0 aliphatic heterocycles. The number of fused-ring (bicyclic) bond motifs is 3. The number of carbonyl (C=O) groups is 1. The van der Waals surface area contributed by atoms with Crippen LogP contribution in [0.3, 0.4) is 0 Å². The van der Waals surface area contributed by atoms with Crippen LogP contribution in [-0.2, 0) is 17.6 Å². The number of benzene rings is 1. The molecule has 1 aromatic carbocycles. The minimum absolute atomic E-state index is 0.206. The highest BCUT2D eigenvalue weighted by Crippen LogP contribution is 2.39. The molecule has 0 atom stereocenters. The fraction of sp³-hybridized carbons (Fsp3) is 0.167. The van der Waals surface area contributed by atoms with Gasteiger partial charge in [-0.3, -0.25) is 4.79 Å². The molecular formula is C12H9FN2OS. The van der Waals surface area contributed by atoms with Crippen LogP contribution >= 0.6 is 11.3 Å². The lowest BCUT2D eigenvalue weighted by Crippen LogP contribution is -2.03. The molecule has 0 saturated carbocycles. The van der Waals surface area contributed by atoms with E-state index >= 15 is 0 Å². The van der Waals surface area contributed by atoms with Gasteiger partial charge in [0.1, 0.15) is 5.82 Å². The molecule has 1 aromatic heterocycles. The first-order valence-corrected chi connectivity index (χ1v) is 6.08. The Kier molecular flexibility index (Phi) is 2.40. The van der Waals surface area contributed by atoms with Crippen molar-refractivity contribution in [3.8, 4) is 10.4 Å². The van der Waals surface area contributed by atoms with Crippen molar-refractivity contribution in [1.29, 1.82) is 0 Å². The molecule has 1 aliphatic carbocycles. The van der Waals surface area contributed by atoms with Crippen molar-refractivity contribution in [2.24, 2.45) is 0 Å². The minimum atomic E-state index is -0.206. The van der Waals surface area contributed by atoms with Gasteiger partial charge in [-0.25, -0.2) is 9.37 Å². The molecule has 3 rings (SSSR count). The number of carbonyl (C=O) groups excluding carboxylic acids is 1. The second kappa shape index (κ2) is 3.92. The Balaban J connectivity index is 2.12. The van der Waals surface area contributed by atoms with Gasteiger partial charge in [-0.1, -0.05) is 17.4 Å². The van der Waals surface area contributed by atoms with E-state index in [0.29, 0.717) is 11.5 Å². The summed E-state index contributed by atoms with van der Waals surface area (Å²) in [4.78, 5) is 15.8. The van der Waals surface area contributed by atoms with E-state index in [4.69, 9.17) is 0 Å². The van der Waals surface area contributed by atoms with Gasteiger partial charge >= 0.3 is 0 Å². The Morgan fingerprint density at radius 3 is 3.12 bits per heavy atom. The van der Waals surface area contributed by atoms with Crippen LogP contribution in [0.2, 0.25) is 0 Å². The number of thiazole rings is 1. The molecule has 1 amide bonds. The quantitative estimate of drug-likeness (QED) is 0.830. The van der Waals surface area contributed by atoms with Crippen LogP contribution < -0.4 is 5.32 Å². The Hall–Kier alpha value is -1.75. The van der Waals surface area contributed by atoms with Gasteiger partial charge in [0.25, 0.3) is 0 Å². The molecule has 1 N–H and O–H groups in total. The summed E-state index contributed by atoms with van der Waals surface area (Å²) >= 11 is 1.43. The molecule has 0 spiro atoms. The third-order valence-corrected chi connectivity index (χ3v) is 3.88. The Morgan fingerprint density at radius 2 is 2.29 bits per heavy atom. The SMILES string of the molecule is O=CNc1nc2c(s1)-c1ccc(F)cc1CC2. The number of aryl methyl sites for hydroxylation is 2. The van der Waals surface area contributed by atoms with Gasteiger partial charge in [0.15, 0.2) is 5.13 Å².